The molecule has 3 aromatic carbocycles. The first kappa shape index (κ1) is 19.1. The standard InChI is InChI=1S/C24H16FN3O2/c25-21-8-4-3-7-20(21)22-15-27-24(30-22)19-6-2-1-5-18(19)23(29)28-17-11-9-16(10-12-17)13-14-26/h1-12,15H,13H2,(H,28,29). The number of nitrogens with zero attached hydrogens (tertiary/aromatic N) is 2. The van der Waals surface area contributed by atoms with Crippen LogP contribution in [0.4, 0.5) is 10.1 Å². The third-order valence-corrected chi connectivity index (χ3v) is 4.54. The first-order valence-corrected chi connectivity index (χ1v) is 9.23. The van der Waals surface area contributed by atoms with Crippen LogP contribution in [0.1, 0.15) is 15.9 Å². The maximum atomic E-state index is 14.0. The van der Waals surface area contributed by atoms with Crippen molar-refractivity contribution in [3.8, 4) is 28.8 Å². The molecule has 4 rings (SSSR count). The van der Waals surface area contributed by atoms with Gasteiger partial charge in [0.15, 0.2) is 5.76 Å². The van der Waals surface area contributed by atoms with Gasteiger partial charge in [0.05, 0.1) is 29.8 Å². The summed E-state index contributed by atoms with van der Waals surface area (Å²) in [5, 5.41) is 11.6. The zero-order valence-corrected chi connectivity index (χ0v) is 15.8. The molecule has 146 valence electrons. The Hall–Kier alpha value is -4.24. The molecule has 4 aromatic rings. The van der Waals surface area contributed by atoms with E-state index >= 15 is 0 Å². The number of hydrogen-bond donors (Lipinski definition) is 1. The largest absolute Gasteiger partial charge is 0.436 e. The molecule has 1 aromatic heterocycles. The quantitative estimate of drug-likeness (QED) is 0.485. The molecule has 0 fully saturated rings. The Morgan fingerprint density at radius 2 is 1.70 bits per heavy atom. The van der Waals surface area contributed by atoms with Gasteiger partial charge in [0.1, 0.15) is 5.82 Å². The molecular weight excluding hydrogens is 381 g/mol. The van der Waals surface area contributed by atoms with Crippen LogP contribution in [0.2, 0.25) is 0 Å². The van der Waals surface area contributed by atoms with Crippen LogP contribution < -0.4 is 5.32 Å². The first-order valence-electron chi connectivity index (χ1n) is 9.23. The minimum absolute atomic E-state index is 0.225. The molecule has 30 heavy (non-hydrogen) atoms. The van der Waals surface area contributed by atoms with Gasteiger partial charge in [-0.2, -0.15) is 5.26 Å². The Bertz CT molecular complexity index is 1240. The number of hydrogen-bond acceptors (Lipinski definition) is 4. The van der Waals surface area contributed by atoms with Gasteiger partial charge in [-0.05, 0) is 42.0 Å². The molecule has 0 aliphatic rings. The van der Waals surface area contributed by atoms with Crippen molar-refractivity contribution in [3.05, 3.63) is 95.9 Å². The van der Waals surface area contributed by atoms with Gasteiger partial charge in [-0.1, -0.05) is 36.4 Å². The predicted octanol–water partition coefficient (Wildman–Crippen LogP) is 5.47. The highest BCUT2D eigenvalue weighted by Gasteiger charge is 2.18. The number of nitrogens with one attached hydrogen (secondary N) is 1. The van der Waals surface area contributed by atoms with Gasteiger partial charge in [-0.25, -0.2) is 9.37 Å². The fourth-order valence-corrected chi connectivity index (χ4v) is 3.05. The molecule has 0 aliphatic heterocycles. The van der Waals surface area contributed by atoms with Crippen LogP contribution >= 0.6 is 0 Å². The maximum absolute atomic E-state index is 14.0. The molecule has 1 heterocycles. The maximum Gasteiger partial charge on any atom is 0.256 e. The van der Waals surface area contributed by atoms with Crippen molar-refractivity contribution in [2.24, 2.45) is 0 Å². The fourth-order valence-electron chi connectivity index (χ4n) is 3.05. The molecule has 1 amide bonds. The van der Waals surface area contributed by atoms with Gasteiger partial charge in [0.2, 0.25) is 5.89 Å². The summed E-state index contributed by atoms with van der Waals surface area (Å²) < 4.78 is 19.8. The molecule has 0 aliphatic carbocycles. The summed E-state index contributed by atoms with van der Waals surface area (Å²) >= 11 is 0. The number of benzene rings is 3. The second-order valence-electron chi connectivity index (χ2n) is 6.54. The van der Waals surface area contributed by atoms with Crippen LogP contribution in [-0.4, -0.2) is 10.9 Å². The Balaban J connectivity index is 1.61. The summed E-state index contributed by atoms with van der Waals surface area (Å²) in [7, 11) is 0. The number of carbonyl (C=O) groups excluding carboxylic acids is 1. The first-order chi connectivity index (χ1) is 14.7. The second kappa shape index (κ2) is 8.41. The van der Waals surface area contributed by atoms with Crippen LogP contribution in [0.3, 0.4) is 0 Å². The van der Waals surface area contributed by atoms with Crippen molar-refractivity contribution in [2.75, 3.05) is 5.32 Å². The lowest BCUT2D eigenvalue weighted by Crippen LogP contribution is -2.13. The minimum atomic E-state index is -0.411. The molecule has 1 N–H and O–H groups in total. The Morgan fingerprint density at radius 1 is 1.00 bits per heavy atom. The van der Waals surface area contributed by atoms with Crippen molar-refractivity contribution in [1.82, 2.24) is 4.98 Å². The SMILES string of the molecule is N#CCc1ccc(NC(=O)c2ccccc2-c2ncc(-c3ccccc3F)o2)cc1. The number of amides is 1. The molecular formula is C24H16FN3O2. The van der Waals surface area contributed by atoms with Gasteiger partial charge < -0.3 is 9.73 Å². The van der Waals surface area contributed by atoms with Gasteiger partial charge in [0, 0.05) is 11.3 Å². The molecule has 0 radical (unpaired) electrons. The number of carbonyl (C=O) groups is 1. The van der Waals surface area contributed by atoms with Crippen LogP contribution in [0, 0.1) is 17.1 Å². The minimum Gasteiger partial charge on any atom is -0.436 e. The van der Waals surface area contributed by atoms with Crippen molar-refractivity contribution in [1.29, 1.82) is 5.26 Å². The summed E-state index contributed by atoms with van der Waals surface area (Å²) in [6, 6.07) is 22.3. The Morgan fingerprint density at radius 3 is 2.43 bits per heavy atom. The lowest BCUT2D eigenvalue weighted by atomic mass is 10.1. The van der Waals surface area contributed by atoms with E-state index in [1.807, 2.05) is 0 Å². The summed E-state index contributed by atoms with van der Waals surface area (Å²) in [4.78, 5) is 17.1. The van der Waals surface area contributed by atoms with Crippen LogP contribution in [-0.2, 0) is 6.42 Å². The number of aromatic nitrogens is 1. The van der Waals surface area contributed by atoms with E-state index in [1.165, 1.54) is 12.3 Å². The molecule has 0 spiro atoms. The van der Waals surface area contributed by atoms with E-state index in [0.29, 0.717) is 28.8 Å². The second-order valence-corrected chi connectivity index (χ2v) is 6.54. The third kappa shape index (κ3) is 3.96. The predicted molar refractivity (Wildman–Crippen MR) is 111 cm³/mol. The highest BCUT2D eigenvalue weighted by Crippen LogP contribution is 2.29. The normalized spacial score (nSPS) is 10.4. The van der Waals surface area contributed by atoms with Crippen molar-refractivity contribution in [2.45, 2.75) is 6.42 Å². The molecule has 0 unspecified atom stereocenters. The van der Waals surface area contributed by atoms with E-state index in [2.05, 4.69) is 16.4 Å². The number of anilines is 1. The molecule has 6 heteroatoms. The topological polar surface area (TPSA) is 78.9 Å². The third-order valence-electron chi connectivity index (χ3n) is 4.54. The van der Waals surface area contributed by atoms with Gasteiger partial charge >= 0.3 is 0 Å². The highest BCUT2D eigenvalue weighted by atomic mass is 19.1. The smallest absolute Gasteiger partial charge is 0.256 e. The van der Waals surface area contributed by atoms with Gasteiger partial charge in [0.25, 0.3) is 5.91 Å². The summed E-state index contributed by atoms with van der Waals surface area (Å²) in [6.45, 7) is 0. The number of oxazole rings is 1. The van der Waals surface area contributed by atoms with Gasteiger partial charge in [-0.15, -0.1) is 0 Å². The molecule has 0 bridgehead atoms. The zero-order chi connectivity index (χ0) is 20.9. The van der Waals surface area contributed by atoms with Crippen molar-refractivity contribution >= 4 is 11.6 Å². The monoisotopic (exact) mass is 397 g/mol. The van der Waals surface area contributed by atoms with E-state index in [1.54, 1.807) is 66.7 Å². The number of rotatable bonds is 5. The molecule has 0 atom stereocenters. The number of halogens is 1. The van der Waals surface area contributed by atoms with E-state index in [9.17, 15) is 9.18 Å². The molecule has 0 saturated heterocycles. The van der Waals surface area contributed by atoms with Crippen molar-refractivity contribution in [3.63, 3.8) is 0 Å². The fraction of sp³-hybridized carbons (Fsp3) is 0.0417. The summed E-state index contributed by atoms with van der Waals surface area (Å²) in [6.07, 6.45) is 1.75. The Kier molecular flexibility index (Phi) is 5.35. The van der Waals surface area contributed by atoms with E-state index < -0.39 is 5.82 Å². The van der Waals surface area contributed by atoms with E-state index in [0.717, 1.165) is 5.56 Å². The van der Waals surface area contributed by atoms with E-state index in [4.69, 9.17) is 9.68 Å². The van der Waals surface area contributed by atoms with Gasteiger partial charge in [-0.3, -0.25) is 4.79 Å². The average molecular weight is 397 g/mol. The zero-order valence-electron chi connectivity index (χ0n) is 15.8. The van der Waals surface area contributed by atoms with Crippen LogP contribution in [0.5, 0.6) is 0 Å². The number of nitriles is 1. The summed E-state index contributed by atoms with van der Waals surface area (Å²) in [5.74, 6) is -0.231. The van der Waals surface area contributed by atoms with Crippen LogP contribution in [0.25, 0.3) is 22.8 Å². The average Bonchev–Trinajstić information content (AvgIpc) is 3.25. The van der Waals surface area contributed by atoms with Crippen molar-refractivity contribution < 1.29 is 13.6 Å². The van der Waals surface area contributed by atoms with Crippen LogP contribution in [0.15, 0.2) is 83.4 Å². The molecule has 0 saturated carbocycles. The van der Waals surface area contributed by atoms with E-state index in [-0.39, 0.29) is 17.6 Å². The highest BCUT2D eigenvalue weighted by molar-refractivity contribution is 6.08. The lowest BCUT2D eigenvalue weighted by Gasteiger charge is -2.09. The molecule has 5 nitrogen and oxygen atoms in total. The summed E-state index contributed by atoms with van der Waals surface area (Å²) in [5.41, 5.74) is 2.65. The lowest BCUT2D eigenvalue weighted by molar-refractivity contribution is 0.102. The Labute approximate surface area is 172 Å².